The van der Waals surface area contributed by atoms with E-state index in [2.05, 4.69) is 10.2 Å². The molecule has 0 aliphatic carbocycles. The van der Waals surface area contributed by atoms with Gasteiger partial charge in [0.05, 0.1) is 12.8 Å². The van der Waals surface area contributed by atoms with Crippen LogP contribution in [0.4, 0.5) is 0 Å². The zero-order valence-electron chi connectivity index (χ0n) is 4.69. The van der Waals surface area contributed by atoms with Crippen molar-refractivity contribution in [1.82, 2.24) is 0 Å². The van der Waals surface area contributed by atoms with E-state index < -0.39 is 0 Å². The van der Waals surface area contributed by atoms with Gasteiger partial charge in [-0.1, -0.05) is 0 Å². The third-order valence-corrected chi connectivity index (χ3v) is 0.337. The standard InChI is InChI=1S/C3H8N4O.ClH/c4-3(5)7-6-1-2-8;/h1,8H,2H2,(H4,4,5,7);1H/b6-1+;. The number of halogens is 1. The van der Waals surface area contributed by atoms with Gasteiger partial charge in [-0.25, -0.2) is 0 Å². The van der Waals surface area contributed by atoms with Gasteiger partial charge in [-0.05, 0) is 0 Å². The molecule has 0 saturated heterocycles. The molecule has 54 valence electrons. The number of aliphatic hydroxyl groups is 1. The highest BCUT2D eigenvalue weighted by Gasteiger charge is 1.70. The molecule has 0 aromatic rings. The topological polar surface area (TPSA) is 97.0 Å². The number of aliphatic hydroxyl groups excluding tert-OH is 1. The molecule has 0 amide bonds. The number of guanidine groups is 1. The summed E-state index contributed by atoms with van der Waals surface area (Å²) in [6, 6.07) is 0. The molecule has 6 heteroatoms. The average molecular weight is 153 g/mol. The molecule has 0 bridgehead atoms. The third kappa shape index (κ3) is 11.0. The summed E-state index contributed by atoms with van der Waals surface area (Å²) in [6.07, 6.45) is 1.18. The summed E-state index contributed by atoms with van der Waals surface area (Å²) >= 11 is 0. The summed E-state index contributed by atoms with van der Waals surface area (Å²) in [5.41, 5.74) is 9.73. The zero-order valence-corrected chi connectivity index (χ0v) is 5.51. The predicted octanol–water partition coefficient (Wildman–Crippen LogP) is -1.34. The second-order valence-electron chi connectivity index (χ2n) is 1.01. The van der Waals surface area contributed by atoms with Crippen LogP contribution >= 0.6 is 12.4 Å². The lowest BCUT2D eigenvalue weighted by Gasteiger charge is -1.80. The third-order valence-electron chi connectivity index (χ3n) is 0.337. The second-order valence-corrected chi connectivity index (χ2v) is 1.01. The number of hydrogen-bond donors (Lipinski definition) is 3. The minimum absolute atomic E-state index is 0. The first-order chi connectivity index (χ1) is 3.77. The Morgan fingerprint density at radius 3 is 2.44 bits per heavy atom. The molecule has 0 fully saturated rings. The van der Waals surface area contributed by atoms with Crippen molar-refractivity contribution in [3.63, 3.8) is 0 Å². The first-order valence-corrected chi connectivity index (χ1v) is 1.98. The smallest absolute Gasteiger partial charge is 0.211 e. The fraction of sp³-hybridized carbons (Fsp3) is 0.333. The maximum atomic E-state index is 8.08. The van der Waals surface area contributed by atoms with E-state index in [9.17, 15) is 0 Å². The van der Waals surface area contributed by atoms with Crippen molar-refractivity contribution in [3.8, 4) is 0 Å². The van der Waals surface area contributed by atoms with Crippen LogP contribution in [0.2, 0.25) is 0 Å². The minimum atomic E-state index is -0.156. The van der Waals surface area contributed by atoms with Gasteiger partial charge in [0.2, 0.25) is 5.96 Å². The Hall–Kier alpha value is -0.810. The first kappa shape index (κ1) is 11.0. The summed E-state index contributed by atoms with van der Waals surface area (Å²) in [5.74, 6) is -0.116. The maximum absolute atomic E-state index is 8.08. The van der Waals surface area contributed by atoms with Gasteiger partial charge in [0, 0.05) is 0 Å². The van der Waals surface area contributed by atoms with E-state index in [-0.39, 0.29) is 25.0 Å². The Balaban J connectivity index is 0. The SMILES string of the molecule is Cl.NC(N)=N/N=C/CO. The Bertz CT molecular complexity index is 108. The van der Waals surface area contributed by atoms with E-state index in [0.29, 0.717) is 0 Å². The monoisotopic (exact) mass is 152 g/mol. The fourth-order valence-corrected chi connectivity index (χ4v) is 0.144. The molecule has 0 rings (SSSR count). The average Bonchev–Trinajstić information content (AvgIpc) is 1.66. The molecular weight excluding hydrogens is 144 g/mol. The van der Waals surface area contributed by atoms with Gasteiger partial charge in [-0.3, -0.25) is 0 Å². The summed E-state index contributed by atoms with van der Waals surface area (Å²) in [4.78, 5) is 0. The highest BCUT2D eigenvalue weighted by atomic mass is 35.5. The molecule has 0 unspecified atom stereocenters. The van der Waals surface area contributed by atoms with Crippen LogP contribution in [0, 0.1) is 0 Å². The van der Waals surface area contributed by atoms with Crippen molar-refractivity contribution in [3.05, 3.63) is 0 Å². The zero-order chi connectivity index (χ0) is 6.41. The van der Waals surface area contributed by atoms with Crippen LogP contribution < -0.4 is 11.5 Å². The van der Waals surface area contributed by atoms with Gasteiger partial charge < -0.3 is 16.6 Å². The van der Waals surface area contributed by atoms with Crippen molar-refractivity contribution in [2.75, 3.05) is 6.61 Å². The Morgan fingerprint density at radius 2 is 2.11 bits per heavy atom. The molecule has 0 aromatic heterocycles. The normalized spacial score (nSPS) is 8.56. The highest BCUT2D eigenvalue weighted by molar-refractivity contribution is 5.85. The lowest BCUT2D eigenvalue weighted by Crippen LogP contribution is -2.21. The van der Waals surface area contributed by atoms with E-state index in [1.807, 2.05) is 0 Å². The molecule has 9 heavy (non-hydrogen) atoms. The lowest BCUT2D eigenvalue weighted by molar-refractivity contribution is 0.361. The maximum Gasteiger partial charge on any atom is 0.211 e. The molecule has 5 nitrogen and oxygen atoms in total. The van der Waals surface area contributed by atoms with Crippen LogP contribution in [0.1, 0.15) is 0 Å². The predicted molar refractivity (Wildman–Crippen MR) is 38.6 cm³/mol. The van der Waals surface area contributed by atoms with E-state index in [1.54, 1.807) is 0 Å². The van der Waals surface area contributed by atoms with E-state index in [0.717, 1.165) is 0 Å². The Labute approximate surface area is 58.9 Å². The summed E-state index contributed by atoms with van der Waals surface area (Å²) < 4.78 is 0. The Kier molecular flexibility index (Phi) is 8.83. The molecule has 0 heterocycles. The van der Waals surface area contributed by atoms with Crippen LogP contribution in [0.25, 0.3) is 0 Å². The van der Waals surface area contributed by atoms with Crippen molar-refractivity contribution in [2.45, 2.75) is 0 Å². The lowest BCUT2D eigenvalue weighted by atomic mass is 10.8. The first-order valence-electron chi connectivity index (χ1n) is 1.98. The molecule has 5 N–H and O–H groups in total. The van der Waals surface area contributed by atoms with Crippen LogP contribution in [0.15, 0.2) is 10.2 Å². The molecule has 0 aliphatic rings. The van der Waals surface area contributed by atoms with Gasteiger partial charge in [0.25, 0.3) is 0 Å². The van der Waals surface area contributed by atoms with E-state index >= 15 is 0 Å². The van der Waals surface area contributed by atoms with Crippen molar-refractivity contribution in [1.29, 1.82) is 0 Å². The Morgan fingerprint density at radius 1 is 1.56 bits per heavy atom. The van der Waals surface area contributed by atoms with Crippen LogP contribution in [0.5, 0.6) is 0 Å². The second kappa shape index (κ2) is 7.19. The summed E-state index contributed by atoms with van der Waals surface area (Å²) in [7, 11) is 0. The highest BCUT2D eigenvalue weighted by Crippen LogP contribution is 1.63. The van der Waals surface area contributed by atoms with Gasteiger partial charge in [0.1, 0.15) is 0 Å². The fourth-order valence-electron chi connectivity index (χ4n) is 0.144. The van der Waals surface area contributed by atoms with Crippen LogP contribution in [-0.2, 0) is 0 Å². The number of nitrogens with two attached hydrogens (primary N) is 2. The van der Waals surface area contributed by atoms with Gasteiger partial charge in [-0.2, -0.15) is 5.10 Å². The summed E-state index contributed by atoms with van der Waals surface area (Å²) in [5, 5.41) is 14.5. The summed E-state index contributed by atoms with van der Waals surface area (Å²) in [6.45, 7) is -0.156. The molecule has 0 spiro atoms. The van der Waals surface area contributed by atoms with Crippen molar-refractivity contribution >= 4 is 24.6 Å². The van der Waals surface area contributed by atoms with Crippen molar-refractivity contribution in [2.24, 2.45) is 21.7 Å². The number of nitrogens with zero attached hydrogens (tertiary/aromatic N) is 2. The quantitative estimate of drug-likeness (QED) is 0.260. The van der Waals surface area contributed by atoms with Gasteiger partial charge >= 0.3 is 0 Å². The molecule has 0 aromatic carbocycles. The van der Waals surface area contributed by atoms with Gasteiger partial charge in [-0.15, -0.1) is 17.5 Å². The molecule has 0 aliphatic heterocycles. The van der Waals surface area contributed by atoms with Crippen LogP contribution in [-0.4, -0.2) is 23.9 Å². The van der Waals surface area contributed by atoms with Crippen molar-refractivity contribution < 1.29 is 5.11 Å². The van der Waals surface area contributed by atoms with E-state index in [4.69, 9.17) is 16.6 Å². The minimum Gasteiger partial charge on any atom is -0.391 e. The molecule has 0 atom stereocenters. The number of hydrogen-bond acceptors (Lipinski definition) is 3. The molecule has 0 radical (unpaired) electrons. The van der Waals surface area contributed by atoms with E-state index in [1.165, 1.54) is 6.21 Å². The van der Waals surface area contributed by atoms with Crippen LogP contribution in [0.3, 0.4) is 0 Å². The molecule has 0 saturated carbocycles. The van der Waals surface area contributed by atoms with Gasteiger partial charge in [0.15, 0.2) is 0 Å². The number of rotatable bonds is 2. The molecular formula is C3H9ClN4O. The largest absolute Gasteiger partial charge is 0.391 e.